The van der Waals surface area contributed by atoms with E-state index < -0.39 is 0 Å². The molecule has 3 nitrogen and oxygen atoms in total. The van der Waals surface area contributed by atoms with Crippen molar-refractivity contribution in [3.8, 4) is 0 Å². The third kappa shape index (κ3) is 3.31. The summed E-state index contributed by atoms with van der Waals surface area (Å²) < 4.78 is 5.86. The van der Waals surface area contributed by atoms with Crippen molar-refractivity contribution in [2.75, 3.05) is 19.7 Å². The monoisotopic (exact) mass is 234 g/mol. The van der Waals surface area contributed by atoms with Crippen molar-refractivity contribution < 1.29 is 4.74 Å². The van der Waals surface area contributed by atoms with Crippen LogP contribution in [0.3, 0.4) is 0 Å². The lowest BCUT2D eigenvalue weighted by Crippen LogP contribution is -2.45. The van der Waals surface area contributed by atoms with E-state index in [-0.39, 0.29) is 18.4 Å². The molecule has 1 saturated carbocycles. The molecule has 90 valence electrons. The van der Waals surface area contributed by atoms with Crippen LogP contribution in [0.2, 0.25) is 0 Å². The molecule has 4 heteroatoms. The van der Waals surface area contributed by atoms with Crippen LogP contribution in [0, 0.1) is 0 Å². The molecule has 1 saturated heterocycles. The van der Waals surface area contributed by atoms with Gasteiger partial charge in [-0.05, 0) is 32.6 Å². The van der Waals surface area contributed by atoms with Gasteiger partial charge in [-0.15, -0.1) is 12.4 Å². The molecule has 0 aromatic rings. The van der Waals surface area contributed by atoms with Gasteiger partial charge < -0.3 is 10.5 Å². The van der Waals surface area contributed by atoms with Gasteiger partial charge in [0.25, 0.3) is 0 Å². The standard InChI is InChI=1S/C11H22N2O.ClH/c1-9(12)8-13-6-3-7-14-11-5-2-4-10(11)13;/h9-11H,2-8,12H2,1H3;1H. The molecular formula is C11H23ClN2O. The molecule has 1 aliphatic heterocycles. The van der Waals surface area contributed by atoms with E-state index in [4.69, 9.17) is 10.5 Å². The normalized spacial score (nSPS) is 34.0. The third-order valence-electron chi connectivity index (χ3n) is 3.33. The summed E-state index contributed by atoms with van der Waals surface area (Å²) in [5.41, 5.74) is 5.87. The van der Waals surface area contributed by atoms with Gasteiger partial charge in [-0.1, -0.05) is 0 Å². The molecule has 0 amide bonds. The van der Waals surface area contributed by atoms with Crippen molar-refractivity contribution in [3.63, 3.8) is 0 Å². The number of hydrogen-bond donors (Lipinski definition) is 1. The summed E-state index contributed by atoms with van der Waals surface area (Å²) in [6.45, 7) is 5.24. The van der Waals surface area contributed by atoms with Gasteiger partial charge in [-0.2, -0.15) is 0 Å². The van der Waals surface area contributed by atoms with Crippen molar-refractivity contribution >= 4 is 12.4 Å². The number of fused-ring (bicyclic) bond motifs is 1. The summed E-state index contributed by atoms with van der Waals surface area (Å²) in [5.74, 6) is 0. The van der Waals surface area contributed by atoms with E-state index in [1.54, 1.807) is 0 Å². The molecule has 2 rings (SSSR count). The molecule has 2 N–H and O–H groups in total. The average molecular weight is 235 g/mol. The molecule has 1 aliphatic carbocycles. The summed E-state index contributed by atoms with van der Waals surface area (Å²) in [7, 11) is 0. The summed E-state index contributed by atoms with van der Waals surface area (Å²) >= 11 is 0. The first-order valence-corrected chi connectivity index (χ1v) is 5.88. The summed E-state index contributed by atoms with van der Waals surface area (Å²) in [4.78, 5) is 2.55. The number of halogens is 1. The Hall–Kier alpha value is 0.170. The fraction of sp³-hybridized carbons (Fsp3) is 1.00. The van der Waals surface area contributed by atoms with Crippen molar-refractivity contribution in [2.45, 2.75) is 50.8 Å². The van der Waals surface area contributed by atoms with E-state index in [2.05, 4.69) is 11.8 Å². The summed E-state index contributed by atoms with van der Waals surface area (Å²) in [6.07, 6.45) is 5.54. The minimum atomic E-state index is 0. The lowest BCUT2D eigenvalue weighted by Gasteiger charge is -2.31. The molecule has 0 bridgehead atoms. The molecule has 0 radical (unpaired) electrons. The number of rotatable bonds is 2. The second-order valence-corrected chi connectivity index (χ2v) is 4.73. The highest BCUT2D eigenvalue weighted by atomic mass is 35.5. The first-order valence-electron chi connectivity index (χ1n) is 5.88. The highest BCUT2D eigenvalue weighted by molar-refractivity contribution is 5.85. The van der Waals surface area contributed by atoms with Crippen LogP contribution in [0.4, 0.5) is 0 Å². The molecule has 0 aromatic heterocycles. The van der Waals surface area contributed by atoms with E-state index in [0.29, 0.717) is 12.1 Å². The smallest absolute Gasteiger partial charge is 0.0730 e. The Morgan fingerprint density at radius 1 is 1.40 bits per heavy atom. The third-order valence-corrected chi connectivity index (χ3v) is 3.33. The zero-order valence-corrected chi connectivity index (χ0v) is 10.3. The Morgan fingerprint density at radius 2 is 2.20 bits per heavy atom. The molecule has 15 heavy (non-hydrogen) atoms. The molecule has 3 unspecified atom stereocenters. The quantitative estimate of drug-likeness (QED) is 0.785. The first kappa shape index (κ1) is 13.2. The van der Waals surface area contributed by atoms with Crippen LogP contribution in [0.5, 0.6) is 0 Å². The Labute approximate surface area is 98.7 Å². The van der Waals surface area contributed by atoms with Crippen molar-refractivity contribution in [1.82, 2.24) is 4.90 Å². The second kappa shape index (κ2) is 6.04. The van der Waals surface area contributed by atoms with Crippen molar-refractivity contribution in [3.05, 3.63) is 0 Å². The molecule has 1 heterocycles. The van der Waals surface area contributed by atoms with Gasteiger partial charge >= 0.3 is 0 Å². The maximum Gasteiger partial charge on any atom is 0.0730 e. The molecule has 2 aliphatic rings. The van der Waals surface area contributed by atoms with Crippen LogP contribution in [-0.2, 0) is 4.74 Å². The number of nitrogens with zero attached hydrogens (tertiary/aromatic N) is 1. The molecular weight excluding hydrogens is 212 g/mol. The predicted octanol–water partition coefficient (Wildman–Crippen LogP) is 1.40. The second-order valence-electron chi connectivity index (χ2n) is 4.73. The zero-order valence-electron chi connectivity index (χ0n) is 9.52. The van der Waals surface area contributed by atoms with E-state index >= 15 is 0 Å². The predicted molar refractivity (Wildman–Crippen MR) is 64.5 cm³/mol. The minimum Gasteiger partial charge on any atom is -0.377 e. The Morgan fingerprint density at radius 3 is 2.93 bits per heavy atom. The zero-order chi connectivity index (χ0) is 9.97. The fourth-order valence-corrected chi connectivity index (χ4v) is 2.78. The maximum atomic E-state index is 5.87. The topological polar surface area (TPSA) is 38.5 Å². The Kier molecular flexibility index (Phi) is 5.33. The van der Waals surface area contributed by atoms with Crippen molar-refractivity contribution in [2.24, 2.45) is 5.73 Å². The van der Waals surface area contributed by atoms with Crippen LogP contribution in [0.25, 0.3) is 0 Å². The lowest BCUT2D eigenvalue weighted by atomic mass is 10.1. The lowest BCUT2D eigenvalue weighted by molar-refractivity contribution is 0.0325. The van der Waals surface area contributed by atoms with Gasteiger partial charge in [0.1, 0.15) is 0 Å². The Bertz CT molecular complexity index is 189. The van der Waals surface area contributed by atoms with Gasteiger partial charge in [0, 0.05) is 31.8 Å². The van der Waals surface area contributed by atoms with E-state index in [0.717, 1.165) is 13.2 Å². The van der Waals surface area contributed by atoms with E-state index in [9.17, 15) is 0 Å². The van der Waals surface area contributed by atoms with Crippen LogP contribution in [-0.4, -0.2) is 42.8 Å². The number of nitrogens with two attached hydrogens (primary N) is 1. The van der Waals surface area contributed by atoms with Gasteiger partial charge in [-0.3, -0.25) is 4.90 Å². The van der Waals surface area contributed by atoms with Crippen molar-refractivity contribution in [1.29, 1.82) is 0 Å². The molecule has 0 aromatic carbocycles. The minimum absolute atomic E-state index is 0. The SMILES string of the molecule is CC(N)CN1CCCOC2CCCC21.Cl. The van der Waals surface area contributed by atoms with Gasteiger partial charge in [0.15, 0.2) is 0 Å². The van der Waals surface area contributed by atoms with Crippen LogP contribution < -0.4 is 5.73 Å². The fourth-order valence-electron chi connectivity index (χ4n) is 2.78. The maximum absolute atomic E-state index is 5.87. The molecule has 2 fully saturated rings. The van der Waals surface area contributed by atoms with Gasteiger partial charge in [-0.25, -0.2) is 0 Å². The first-order chi connectivity index (χ1) is 6.77. The van der Waals surface area contributed by atoms with Crippen LogP contribution in [0.15, 0.2) is 0 Å². The highest BCUT2D eigenvalue weighted by Crippen LogP contribution is 2.29. The average Bonchev–Trinajstić information content (AvgIpc) is 2.51. The highest BCUT2D eigenvalue weighted by Gasteiger charge is 2.34. The summed E-state index contributed by atoms with van der Waals surface area (Å²) in [5, 5.41) is 0. The number of ether oxygens (including phenoxy) is 1. The largest absolute Gasteiger partial charge is 0.377 e. The Balaban J connectivity index is 0.00000112. The summed E-state index contributed by atoms with van der Waals surface area (Å²) in [6, 6.07) is 0.942. The molecule has 0 spiro atoms. The number of hydrogen-bond acceptors (Lipinski definition) is 3. The van der Waals surface area contributed by atoms with Crippen LogP contribution in [0.1, 0.15) is 32.6 Å². The molecule has 3 atom stereocenters. The van der Waals surface area contributed by atoms with Gasteiger partial charge in [0.05, 0.1) is 6.10 Å². The van der Waals surface area contributed by atoms with Crippen LogP contribution >= 0.6 is 12.4 Å². The van der Waals surface area contributed by atoms with E-state index in [1.807, 2.05) is 0 Å². The van der Waals surface area contributed by atoms with Gasteiger partial charge in [0.2, 0.25) is 0 Å². The van der Waals surface area contributed by atoms with E-state index in [1.165, 1.54) is 32.2 Å².